The molecule has 0 spiro atoms. The first kappa shape index (κ1) is 16.7. The first-order chi connectivity index (χ1) is 13.0. The third-order valence-electron chi connectivity index (χ3n) is 4.32. The van der Waals surface area contributed by atoms with Crippen molar-refractivity contribution in [2.75, 3.05) is 5.32 Å². The lowest BCUT2D eigenvalue weighted by Gasteiger charge is -2.05. The van der Waals surface area contributed by atoms with Crippen LogP contribution in [0.1, 0.15) is 16.1 Å². The first-order valence-electron chi connectivity index (χ1n) is 8.38. The van der Waals surface area contributed by atoms with Crippen LogP contribution < -0.4 is 10.9 Å². The molecular weight excluding hydrogens is 342 g/mol. The Morgan fingerprint density at radius 3 is 2.70 bits per heavy atom. The summed E-state index contributed by atoms with van der Waals surface area (Å²) in [5.41, 5.74) is 4.00. The van der Waals surface area contributed by atoms with Gasteiger partial charge in [-0.25, -0.2) is 4.98 Å². The molecule has 4 aromatic rings. The number of carbonyl (C=O) groups is 1. The number of aromatic nitrogens is 4. The molecule has 0 atom stereocenters. The Hall–Kier alpha value is -3.74. The molecule has 0 aliphatic heterocycles. The van der Waals surface area contributed by atoms with E-state index in [1.807, 2.05) is 35.7 Å². The van der Waals surface area contributed by atoms with Crippen LogP contribution in [0.15, 0.2) is 66.1 Å². The molecule has 134 valence electrons. The average molecular weight is 359 g/mol. The number of nitrogens with zero attached hydrogens (tertiary/aromatic N) is 4. The van der Waals surface area contributed by atoms with Crippen LogP contribution in [0.4, 0.5) is 5.82 Å². The van der Waals surface area contributed by atoms with E-state index >= 15 is 0 Å². The van der Waals surface area contributed by atoms with E-state index in [0.717, 1.165) is 22.3 Å². The summed E-state index contributed by atoms with van der Waals surface area (Å²) >= 11 is 0. The zero-order valence-electron chi connectivity index (χ0n) is 14.9. The molecule has 7 heteroatoms. The molecule has 0 aliphatic carbocycles. The van der Waals surface area contributed by atoms with E-state index in [1.54, 1.807) is 37.9 Å². The van der Waals surface area contributed by atoms with E-state index in [1.165, 1.54) is 10.6 Å². The van der Waals surface area contributed by atoms with E-state index in [-0.39, 0.29) is 11.5 Å². The third-order valence-corrected chi connectivity index (χ3v) is 4.32. The van der Waals surface area contributed by atoms with Crippen LogP contribution in [0, 0.1) is 6.92 Å². The normalized spacial score (nSPS) is 10.9. The fraction of sp³-hybridized carbons (Fsp3) is 0.100. The molecule has 0 saturated carbocycles. The smallest absolute Gasteiger partial charge is 0.257 e. The van der Waals surface area contributed by atoms with Crippen LogP contribution in [0.5, 0.6) is 0 Å². The quantitative estimate of drug-likeness (QED) is 0.610. The number of hydrogen-bond donors (Lipinski definition) is 1. The summed E-state index contributed by atoms with van der Waals surface area (Å²) in [4.78, 5) is 32.5. The molecule has 0 bridgehead atoms. The first-order valence-corrected chi connectivity index (χ1v) is 8.38. The number of nitrogens with one attached hydrogen (secondary N) is 1. The fourth-order valence-corrected chi connectivity index (χ4v) is 2.84. The highest BCUT2D eigenvalue weighted by Crippen LogP contribution is 2.23. The Bertz CT molecular complexity index is 1220. The third kappa shape index (κ3) is 3.35. The molecule has 7 nitrogen and oxygen atoms in total. The van der Waals surface area contributed by atoms with Crippen molar-refractivity contribution < 1.29 is 4.79 Å². The predicted octanol–water partition coefficient (Wildman–Crippen LogP) is 2.66. The maximum atomic E-state index is 12.4. The number of pyridine rings is 2. The number of hydrogen-bond acceptors (Lipinski definition) is 4. The zero-order chi connectivity index (χ0) is 19.0. The summed E-state index contributed by atoms with van der Waals surface area (Å²) in [6.45, 7) is 1.95. The van der Waals surface area contributed by atoms with E-state index in [9.17, 15) is 9.59 Å². The van der Waals surface area contributed by atoms with Gasteiger partial charge >= 0.3 is 0 Å². The fourth-order valence-electron chi connectivity index (χ4n) is 2.84. The Labute approximate surface area is 155 Å². The number of fused-ring (bicyclic) bond motifs is 1. The van der Waals surface area contributed by atoms with Crippen LogP contribution in [0.2, 0.25) is 0 Å². The van der Waals surface area contributed by atoms with Crippen molar-refractivity contribution in [2.45, 2.75) is 6.92 Å². The van der Waals surface area contributed by atoms with Crippen molar-refractivity contribution in [2.24, 2.45) is 7.05 Å². The molecule has 0 aliphatic rings. The summed E-state index contributed by atoms with van der Waals surface area (Å²) in [6, 6.07) is 10.7. The van der Waals surface area contributed by atoms with Gasteiger partial charge in [0.15, 0.2) is 0 Å². The summed E-state index contributed by atoms with van der Waals surface area (Å²) in [6.07, 6.45) is 6.96. The van der Waals surface area contributed by atoms with E-state index in [4.69, 9.17) is 0 Å². The van der Waals surface area contributed by atoms with Gasteiger partial charge in [0.25, 0.3) is 11.5 Å². The van der Waals surface area contributed by atoms with Gasteiger partial charge in [0, 0.05) is 54.6 Å². The topological polar surface area (TPSA) is 81.3 Å². The van der Waals surface area contributed by atoms with Crippen LogP contribution in [-0.2, 0) is 7.05 Å². The highest BCUT2D eigenvalue weighted by molar-refractivity contribution is 6.03. The number of carbonyl (C=O) groups excluding carboxylic acids is 1. The average Bonchev–Trinajstić information content (AvgIpc) is 3.07. The molecule has 0 radical (unpaired) electrons. The highest BCUT2D eigenvalue weighted by Gasteiger charge is 2.10. The lowest BCUT2D eigenvalue weighted by Crippen LogP contribution is -2.20. The van der Waals surface area contributed by atoms with Crippen molar-refractivity contribution >= 4 is 17.2 Å². The minimum Gasteiger partial charge on any atom is -0.319 e. The standard InChI is InChI=1S/C20H17N5O2/c1-13-7-14(3-5-21-13)16-8-17-10-18(22-12-25(17)11-16)23-20(27)15-4-6-24(2)19(26)9-15/h3-12H,1-2H3,(H,23,27). The van der Waals surface area contributed by atoms with Crippen molar-refractivity contribution in [3.8, 4) is 11.1 Å². The highest BCUT2D eigenvalue weighted by atomic mass is 16.2. The molecule has 4 rings (SSSR count). The van der Waals surface area contributed by atoms with Gasteiger partial charge in [-0.1, -0.05) is 0 Å². The summed E-state index contributed by atoms with van der Waals surface area (Å²) in [5.74, 6) is 0.0461. The monoisotopic (exact) mass is 359 g/mol. The maximum Gasteiger partial charge on any atom is 0.257 e. The van der Waals surface area contributed by atoms with E-state index in [2.05, 4.69) is 15.3 Å². The molecule has 27 heavy (non-hydrogen) atoms. The molecule has 0 saturated heterocycles. The number of rotatable bonds is 3. The van der Waals surface area contributed by atoms with Gasteiger partial charge in [-0.2, -0.15) is 0 Å². The largest absolute Gasteiger partial charge is 0.319 e. The van der Waals surface area contributed by atoms with Crippen LogP contribution in [0.3, 0.4) is 0 Å². The van der Waals surface area contributed by atoms with Crippen molar-refractivity contribution in [3.63, 3.8) is 0 Å². The molecular formula is C20H17N5O2. The lowest BCUT2D eigenvalue weighted by atomic mass is 10.1. The molecule has 4 aromatic heterocycles. The van der Waals surface area contributed by atoms with Crippen molar-refractivity contribution in [1.29, 1.82) is 0 Å². The van der Waals surface area contributed by atoms with Gasteiger partial charge in [0.2, 0.25) is 0 Å². The van der Waals surface area contributed by atoms with Gasteiger partial charge < -0.3 is 14.3 Å². The maximum absolute atomic E-state index is 12.4. The van der Waals surface area contributed by atoms with Gasteiger partial charge in [0.1, 0.15) is 12.1 Å². The van der Waals surface area contributed by atoms with Gasteiger partial charge in [-0.3, -0.25) is 14.6 Å². The Morgan fingerprint density at radius 2 is 1.93 bits per heavy atom. The molecule has 0 fully saturated rings. The number of amides is 1. The minimum absolute atomic E-state index is 0.241. The second-order valence-electron chi connectivity index (χ2n) is 6.34. The van der Waals surface area contributed by atoms with Crippen molar-refractivity contribution in [1.82, 2.24) is 18.9 Å². The lowest BCUT2D eigenvalue weighted by molar-refractivity contribution is 0.102. The number of anilines is 1. The number of aryl methyl sites for hydroxylation is 2. The minimum atomic E-state index is -0.374. The van der Waals surface area contributed by atoms with E-state index in [0.29, 0.717) is 11.4 Å². The zero-order valence-corrected chi connectivity index (χ0v) is 14.9. The molecule has 0 aromatic carbocycles. The van der Waals surface area contributed by atoms with Crippen LogP contribution in [0.25, 0.3) is 16.6 Å². The molecule has 4 heterocycles. The Kier molecular flexibility index (Phi) is 4.04. The summed E-state index contributed by atoms with van der Waals surface area (Å²) in [7, 11) is 1.63. The van der Waals surface area contributed by atoms with Crippen LogP contribution >= 0.6 is 0 Å². The SMILES string of the molecule is Cc1cc(-c2cc3cc(NC(=O)c4ccn(C)c(=O)c4)ncn3c2)ccn1. The molecule has 1 N–H and O–H groups in total. The van der Waals surface area contributed by atoms with Crippen molar-refractivity contribution in [3.05, 3.63) is 82.9 Å². The Morgan fingerprint density at radius 1 is 1.07 bits per heavy atom. The van der Waals surface area contributed by atoms with E-state index < -0.39 is 0 Å². The van der Waals surface area contributed by atoms with Gasteiger partial charge in [-0.15, -0.1) is 0 Å². The van der Waals surface area contributed by atoms with Crippen LogP contribution in [-0.4, -0.2) is 24.8 Å². The second kappa shape index (κ2) is 6.53. The predicted molar refractivity (Wildman–Crippen MR) is 103 cm³/mol. The summed E-state index contributed by atoms with van der Waals surface area (Å²) < 4.78 is 3.29. The van der Waals surface area contributed by atoms with Gasteiger partial charge in [-0.05, 0) is 36.8 Å². The molecule has 0 unspecified atom stereocenters. The second-order valence-corrected chi connectivity index (χ2v) is 6.34. The Balaban J connectivity index is 1.62. The van der Waals surface area contributed by atoms with Gasteiger partial charge in [0.05, 0.1) is 5.52 Å². The molecule has 1 amide bonds. The summed E-state index contributed by atoms with van der Waals surface area (Å²) in [5, 5.41) is 2.73.